The van der Waals surface area contributed by atoms with Gasteiger partial charge in [-0.2, -0.15) is 11.8 Å². The number of benzene rings is 2. The molecule has 0 saturated heterocycles. The van der Waals surface area contributed by atoms with E-state index in [9.17, 15) is 19.5 Å². The third-order valence-corrected chi connectivity index (χ3v) is 6.64. The molecule has 0 saturated carbocycles. The monoisotopic (exact) mass is 498 g/mol. The molecule has 0 spiro atoms. The highest BCUT2D eigenvalue weighted by Crippen LogP contribution is 2.44. The van der Waals surface area contributed by atoms with Gasteiger partial charge in [-0.3, -0.25) is 4.79 Å². The zero-order valence-electron chi connectivity index (χ0n) is 20.7. The van der Waals surface area contributed by atoms with Crippen LogP contribution >= 0.6 is 11.8 Å². The zero-order chi connectivity index (χ0) is 25.6. The molecule has 2 aromatic carbocycles. The predicted octanol–water partition coefficient (Wildman–Crippen LogP) is 4.65. The normalized spacial score (nSPS) is 14.4. The van der Waals surface area contributed by atoms with Crippen molar-refractivity contribution in [3.8, 4) is 11.1 Å². The van der Waals surface area contributed by atoms with Crippen LogP contribution in [0.2, 0.25) is 0 Å². The van der Waals surface area contributed by atoms with Crippen LogP contribution in [-0.2, 0) is 14.3 Å². The summed E-state index contributed by atoms with van der Waals surface area (Å²) in [5.74, 6) is -1.11. The van der Waals surface area contributed by atoms with E-state index in [4.69, 9.17) is 4.74 Å². The van der Waals surface area contributed by atoms with Gasteiger partial charge in [-0.1, -0.05) is 69.3 Å². The van der Waals surface area contributed by atoms with Crippen molar-refractivity contribution in [3.63, 3.8) is 0 Å². The number of fused-ring (bicyclic) bond motifs is 3. The summed E-state index contributed by atoms with van der Waals surface area (Å²) in [4.78, 5) is 37.3. The lowest BCUT2D eigenvalue weighted by molar-refractivity contribution is -0.142. The number of carbonyl (C=O) groups excluding carboxylic acids is 2. The van der Waals surface area contributed by atoms with Crippen molar-refractivity contribution in [2.45, 2.75) is 51.6 Å². The molecule has 1 aliphatic carbocycles. The maximum absolute atomic E-state index is 13.0. The molecule has 3 rings (SSSR count). The van der Waals surface area contributed by atoms with E-state index in [2.05, 4.69) is 22.8 Å². The summed E-state index contributed by atoms with van der Waals surface area (Å²) in [5.41, 5.74) is 4.18. The third kappa shape index (κ3) is 7.01. The number of thioether (sulfide) groups is 1. The third-order valence-electron chi connectivity index (χ3n) is 5.99. The number of aliphatic carboxylic acids is 1. The maximum atomic E-state index is 13.0. The Balaban J connectivity index is 1.68. The molecule has 2 atom stereocenters. The van der Waals surface area contributed by atoms with Crippen molar-refractivity contribution in [3.05, 3.63) is 59.7 Å². The van der Waals surface area contributed by atoms with E-state index in [1.54, 1.807) is 0 Å². The lowest BCUT2D eigenvalue weighted by Crippen LogP contribution is -2.53. The van der Waals surface area contributed by atoms with Crippen LogP contribution in [0.1, 0.15) is 50.7 Å². The summed E-state index contributed by atoms with van der Waals surface area (Å²) in [6.07, 6.45) is 1.81. The number of carbonyl (C=O) groups is 3. The van der Waals surface area contributed by atoms with E-state index in [0.29, 0.717) is 18.6 Å². The SMILES string of the molecule is CSCC[C@@H](NC(=O)C(CC(C)(C)C)NC(=O)OCC1c2ccccc2-c2ccccc21)C(=O)O. The van der Waals surface area contributed by atoms with Crippen LogP contribution in [-0.4, -0.2) is 53.8 Å². The Morgan fingerprint density at radius 3 is 2.06 bits per heavy atom. The van der Waals surface area contributed by atoms with Crippen molar-refractivity contribution >= 4 is 29.7 Å². The second-order valence-corrected chi connectivity index (χ2v) is 11.0. The Morgan fingerprint density at radius 1 is 0.971 bits per heavy atom. The summed E-state index contributed by atoms with van der Waals surface area (Å²) in [5, 5.41) is 14.7. The first-order valence-electron chi connectivity index (χ1n) is 11.7. The minimum atomic E-state index is -1.09. The fourth-order valence-corrected chi connectivity index (χ4v) is 4.84. The molecule has 3 N–H and O–H groups in total. The van der Waals surface area contributed by atoms with Gasteiger partial charge in [-0.25, -0.2) is 9.59 Å². The van der Waals surface area contributed by atoms with Crippen molar-refractivity contribution < 1.29 is 24.2 Å². The lowest BCUT2D eigenvalue weighted by Gasteiger charge is -2.27. The zero-order valence-corrected chi connectivity index (χ0v) is 21.5. The molecular formula is C27H34N2O5S. The van der Waals surface area contributed by atoms with Crippen LogP contribution in [0, 0.1) is 5.41 Å². The average Bonchev–Trinajstić information content (AvgIpc) is 3.12. The molecule has 2 aromatic rings. The predicted molar refractivity (Wildman–Crippen MR) is 139 cm³/mol. The average molecular weight is 499 g/mol. The molecule has 1 unspecified atom stereocenters. The minimum Gasteiger partial charge on any atom is -0.480 e. The number of alkyl carbamates (subject to hydrolysis) is 1. The standard InChI is InChI=1S/C27H34N2O5S/c1-27(2,3)15-23(24(30)28-22(25(31)32)13-14-35-4)29-26(33)34-16-21-19-11-7-5-9-17(19)18-10-6-8-12-20(18)21/h5-12,21-23H,13-16H2,1-4H3,(H,28,30)(H,29,33)(H,31,32)/t22-,23?/m1/s1. The van der Waals surface area contributed by atoms with Crippen LogP contribution in [0.4, 0.5) is 4.79 Å². The molecule has 0 aromatic heterocycles. The van der Waals surface area contributed by atoms with E-state index in [1.807, 2.05) is 63.4 Å². The molecule has 7 nitrogen and oxygen atoms in total. The van der Waals surface area contributed by atoms with Crippen LogP contribution in [0.25, 0.3) is 11.1 Å². The molecular weight excluding hydrogens is 464 g/mol. The van der Waals surface area contributed by atoms with Gasteiger partial charge in [-0.15, -0.1) is 0 Å². The molecule has 0 heterocycles. The molecule has 0 fully saturated rings. The highest BCUT2D eigenvalue weighted by molar-refractivity contribution is 7.98. The van der Waals surface area contributed by atoms with Crippen LogP contribution in [0.3, 0.4) is 0 Å². The summed E-state index contributed by atoms with van der Waals surface area (Å²) >= 11 is 1.51. The van der Waals surface area contributed by atoms with Gasteiger partial charge in [0.2, 0.25) is 5.91 Å². The van der Waals surface area contributed by atoms with Gasteiger partial charge in [0.15, 0.2) is 0 Å². The second-order valence-electron chi connectivity index (χ2n) is 9.97. The first-order chi connectivity index (χ1) is 16.6. The van der Waals surface area contributed by atoms with Crippen molar-refractivity contribution in [1.82, 2.24) is 10.6 Å². The quantitative estimate of drug-likeness (QED) is 0.440. The van der Waals surface area contributed by atoms with E-state index in [0.717, 1.165) is 22.3 Å². The Morgan fingerprint density at radius 2 is 1.54 bits per heavy atom. The van der Waals surface area contributed by atoms with Gasteiger partial charge >= 0.3 is 12.1 Å². The molecule has 2 amide bonds. The molecule has 0 aliphatic heterocycles. The van der Waals surface area contributed by atoms with Crippen LogP contribution in [0.15, 0.2) is 48.5 Å². The smallest absolute Gasteiger partial charge is 0.407 e. The number of rotatable bonds is 10. The molecule has 188 valence electrons. The number of amides is 2. The fraction of sp³-hybridized carbons (Fsp3) is 0.444. The van der Waals surface area contributed by atoms with E-state index in [-0.39, 0.29) is 17.9 Å². The highest BCUT2D eigenvalue weighted by atomic mass is 32.2. The Hall–Kier alpha value is -3.00. The first-order valence-corrected chi connectivity index (χ1v) is 13.1. The topological polar surface area (TPSA) is 105 Å². The molecule has 0 radical (unpaired) electrons. The summed E-state index contributed by atoms with van der Waals surface area (Å²) < 4.78 is 5.60. The lowest BCUT2D eigenvalue weighted by atomic mass is 9.87. The number of hydrogen-bond acceptors (Lipinski definition) is 5. The van der Waals surface area contributed by atoms with Crippen molar-refractivity contribution in [1.29, 1.82) is 0 Å². The number of hydrogen-bond donors (Lipinski definition) is 3. The molecule has 8 heteroatoms. The van der Waals surface area contributed by atoms with Crippen LogP contribution in [0.5, 0.6) is 0 Å². The van der Waals surface area contributed by atoms with E-state index >= 15 is 0 Å². The highest BCUT2D eigenvalue weighted by Gasteiger charge is 2.32. The number of ether oxygens (including phenoxy) is 1. The van der Waals surface area contributed by atoms with Gasteiger partial charge < -0.3 is 20.5 Å². The molecule has 1 aliphatic rings. The van der Waals surface area contributed by atoms with Gasteiger partial charge in [0.05, 0.1) is 0 Å². The molecule has 35 heavy (non-hydrogen) atoms. The van der Waals surface area contributed by atoms with Crippen molar-refractivity contribution in [2.75, 3.05) is 18.6 Å². The Bertz CT molecular complexity index is 1020. The second kappa shape index (κ2) is 11.6. The summed E-state index contributed by atoms with van der Waals surface area (Å²) in [7, 11) is 0. The van der Waals surface area contributed by atoms with Gasteiger partial charge in [0, 0.05) is 5.92 Å². The number of carboxylic acids is 1. The number of carboxylic acid groups (broad SMARTS) is 1. The van der Waals surface area contributed by atoms with Gasteiger partial charge in [0.25, 0.3) is 0 Å². The fourth-order valence-electron chi connectivity index (χ4n) is 4.37. The summed E-state index contributed by atoms with van der Waals surface area (Å²) in [6.45, 7) is 5.99. The van der Waals surface area contributed by atoms with Gasteiger partial charge in [0.1, 0.15) is 18.7 Å². The Labute approximate surface area is 211 Å². The minimum absolute atomic E-state index is 0.0917. The van der Waals surface area contributed by atoms with E-state index in [1.165, 1.54) is 11.8 Å². The summed E-state index contributed by atoms with van der Waals surface area (Å²) in [6, 6.07) is 14.2. The van der Waals surface area contributed by atoms with Crippen molar-refractivity contribution in [2.24, 2.45) is 5.41 Å². The number of nitrogens with one attached hydrogen (secondary N) is 2. The van der Waals surface area contributed by atoms with Crippen LogP contribution < -0.4 is 10.6 Å². The largest absolute Gasteiger partial charge is 0.480 e. The van der Waals surface area contributed by atoms with E-state index < -0.39 is 30.1 Å². The Kier molecular flexibility index (Phi) is 8.83. The molecule has 0 bridgehead atoms. The maximum Gasteiger partial charge on any atom is 0.407 e. The first kappa shape index (κ1) is 26.6. The van der Waals surface area contributed by atoms with Gasteiger partial charge in [-0.05, 0) is 52.5 Å².